The van der Waals surface area contributed by atoms with E-state index >= 15 is 0 Å². The van der Waals surface area contributed by atoms with Crippen molar-refractivity contribution < 1.29 is 0 Å². The maximum atomic E-state index is 5.31. The summed E-state index contributed by atoms with van der Waals surface area (Å²) in [6.07, 6.45) is 0. The number of hydrogen-bond acceptors (Lipinski definition) is 3. The van der Waals surface area contributed by atoms with Gasteiger partial charge in [-0.3, -0.25) is 4.57 Å². The summed E-state index contributed by atoms with van der Waals surface area (Å²) in [7, 11) is 0. The monoisotopic (exact) mass is 598 g/mol. The second kappa shape index (κ2) is 10.1. The zero-order chi connectivity index (χ0) is 30.9. The lowest BCUT2D eigenvalue weighted by Gasteiger charge is -2.14. The molecule has 4 nitrogen and oxygen atoms in total. The highest BCUT2D eigenvalue weighted by atomic mass is 15.2. The number of nitrogens with zero attached hydrogens (tertiary/aromatic N) is 4. The fourth-order valence-electron chi connectivity index (χ4n) is 7.37. The van der Waals surface area contributed by atoms with Crippen LogP contribution in [0.25, 0.3) is 93.6 Å². The number of hydrogen-bond donors (Lipinski definition) is 0. The van der Waals surface area contributed by atoms with Gasteiger partial charge < -0.3 is 0 Å². The van der Waals surface area contributed by atoms with Crippen LogP contribution in [0.3, 0.4) is 0 Å². The predicted molar refractivity (Wildman–Crippen MR) is 195 cm³/mol. The highest BCUT2D eigenvalue weighted by molar-refractivity contribution is 6.36. The van der Waals surface area contributed by atoms with E-state index < -0.39 is 0 Å². The van der Waals surface area contributed by atoms with Crippen LogP contribution in [0.5, 0.6) is 0 Å². The topological polar surface area (TPSA) is 43.6 Å². The third-order valence-corrected chi connectivity index (χ3v) is 9.41. The molecule has 0 aliphatic rings. The summed E-state index contributed by atoms with van der Waals surface area (Å²) in [5.74, 6) is 1.88. The van der Waals surface area contributed by atoms with Crippen molar-refractivity contribution in [3.05, 3.63) is 158 Å². The molecule has 4 heteroatoms. The highest BCUT2D eigenvalue weighted by Gasteiger charge is 2.23. The molecule has 0 saturated heterocycles. The van der Waals surface area contributed by atoms with Gasteiger partial charge in [0.25, 0.3) is 0 Å². The Morgan fingerprint density at radius 3 is 1.81 bits per heavy atom. The first-order valence-electron chi connectivity index (χ1n) is 15.9. The van der Waals surface area contributed by atoms with Crippen molar-refractivity contribution in [2.75, 3.05) is 0 Å². The summed E-state index contributed by atoms with van der Waals surface area (Å²) in [6, 6.07) is 55.5. The van der Waals surface area contributed by atoms with Crippen molar-refractivity contribution in [1.82, 2.24) is 19.5 Å². The molecule has 0 amide bonds. The van der Waals surface area contributed by atoms with E-state index in [9.17, 15) is 0 Å². The molecule has 218 valence electrons. The average molecular weight is 599 g/mol. The van der Waals surface area contributed by atoms with Crippen molar-refractivity contribution >= 4 is 64.9 Å². The first-order valence-corrected chi connectivity index (χ1v) is 15.9. The molecule has 0 spiro atoms. The Morgan fingerprint density at radius 2 is 0.979 bits per heavy atom. The Hall–Kier alpha value is -6.39. The molecule has 0 N–H and O–H groups in total. The van der Waals surface area contributed by atoms with Gasteiger partial charge in [-0.25, -0.2) is 4.98 Å². The number of aromatic nitrogens is 4. The van der Waals surface area contributed by atoms with Crippen LogP contribution in [0.4, 0.5) is 0 Å². The van der Waals surface area contributed by atoms with Gasteiger partial charge in [0.1, 0.15) is 0 Å². The van der Waals surface area contributed by atoms with E-state index in [1.807, 2.05) is 18.2 Å². The second-order valence-corrected chi connectivity index (χ2v) is 12.0. The van der Waals surface area contributed by atoms with Gasteiger partial charge in [-0.05, 0) is 38.4 Å². The molecule has 0 radical (unpaired) electrons. The summed E-state index contributed by atoms with van der Waals surface area (Å²) in [5, 5.41) is 11.9. The Labute approximate surface area is 270 Å². The molecular formula is C43H26N4. The molecule has 2 heterocycles. The van der Waals surface area contributed by atoms with Crippen molar-refractivity contribution in [3.8, 4) is 28.7 Å². The van der Waals surface area contributed by atoms with E-state index in [0.717, 1.165) is 38.3 Å². The van der Waals surface area contributed by atoms with E-state index in [2.05, 4.69) is 144 Å². The van der Waals surface area contributed by atoms with Gasteiger partial charge in [-0.1, -0.05) is 152 Å². The van der Waals surface area contributed by atoms with Gasteiger partial charge in [-0.15, -0.1) is 0 Å². The Balaban J connectivity index is 1.41. The van der Waals surface area contributed by atoms with E-state index in [0.29, 0.717) is 17.6 Å². The molecule has 0 fully saturated rings. The predicted octanol–water partition coefficient (Wildman–Crippen LogP) is 10.9. The van der Waals surface area contributed by atoms with Crippen molar-refractivity contribution in [1.29, 1.82) is 0 Å². The van der Waals surface area contributed by atoms with E-state index in [-0.39, 0.29) is 0 Å². The number of para-hydroxylation sites is 1. The maximum absolute atomic E-state index is 5.31. The van der Waals surface area contributed by atoms with Crippen LogP contribution in [0.2, 0.25) is 0 Å². The molecular weight excluding hydrogens is 573 g/mol. The molecule has 47 heavy (non-hydrogen) atoms. The molecule has 0 aliphatic heterocycles. The molecule has 2 aromatic heterocycles. The molecule has 0 saturated carbocycles. The van der Waals surface area contributed by atoms with Crippen LogP contribution in [0.15, 0.2) is 158 Å². The van der Waals surface area contributed by atoms with Gasteiger partial charge in [0, 0.05) is 32.7 Å². The van der Waals surface area contributed by atoms with Gasteiger partial charge in [0.2, 0.25) is 5.95 Å². The lowest BCUT2D eigenvalue weighted by Crippen LogP contribution is -2.06. The van der Waals surface area contributed by atoms with Gasteiger partial charge in [0.15, 0.2) is 11.6 Å². The maximum Gasteiger partial charge on any atom is 0.238 e. The van der Waals surface area contributed by atoms with Crippen LogP contribution in [-0.4, -0.2) is 19.5 Å². The fourth-order valence-corrected chi connectivity index (χ4v) is 7.37. The minimum atomic E-state index is 0.595. The third kappa shape index (κ3) is 3.85. The Bertz CT molecular complexity index is 2850. The lowest BCUT2D eigenvalue weighted by molar-refractivity contribution is 0.956. The minimum absolute atomic E-state index is 0.595. The van der Waals surface area contributed by atoms with Crippen LogP contribution in [0, 0.1) is 0 Å². The first kappa shape index (κ1) is 25.9. The fraction of sp³-hybridized carbons (Fsp3) is 0. The summed E-state index contributed by atoms with van der Waals surface area (Å²) in [5.41, 5.74) is 4.08. The first-order chi connectivity index (χ1) is 23.3. The Morgan fingerprint density at radius 1 is 0.362 bits per heavy atom. The van der Waals surface area contributed by atoms with Crippen LogP contribution in [0.1, 0.15) is 0 Å². The molecule has 0 bridgehead atoms. The molecule has 0 aliphatic carbocycles. The standard InChI is InChI=1S/C43H26N4/c1-2-15-29(16-3-1)41-44-42(35-23-12-17-27-13-4-6-18-30(27)35)46-43(45-41)47-37-24-11-10-22-36(37)39-38-31-19-7-5-14-28(31)25-26-33(38)32-20-8-9-21-34(32)40(39)47/h1-26H. The molecule has 0 unspecified atom stereocenters. The lowest BCUT2D eigenvalue weighted by atomic mass is 9.93. The zero-order valence-corrected chi connectivity index (χ0v) is 25.3. The molecule has 10 rings (SSSR count). The normalized spacial score (nSPS) is 11.8. The van der Waals surface area contributed by atoms with E-state index in [4.69, 9.17) is 15.0 Å². The Kier molecular flexibility index (Phi) is 5.54. The van der Waals surface area contributed by atoms with E-state index in [1.54, 1.807) is 0 Å². The summed E-state index contributed by atoms with van der Waals surface area (Å²) >= 11 is 0. The number of rotatable bonds is 3. The average Bonchev–Trinajstić information content (AvgIpc) is 3.50. The third-order valence-electron chi connectivity index (χ3n) is 9.41. The smallest absolute Gasteiger partial charge is 0.238 e. The second-order valence-electron chi connectivity index (χ2n) is 12.0. The summed E-state index contributed by atoms with van der Waals surface area (Å²) in [4.78, 5) is 15.7. The van der Waals surface area contributed by atoms with Crippen LogP contribution < -0.4 is 0 Å². The highest BCUT2D eigenvalue weighted by Crippen LogP contribution is 2.44. The SMILES string of the molecule is c1ccc(-c2nc(-c3cccc4ccccc34)nc(-n3c4ccccc4c4c5c6ccccc6ccc5c5ccccc5c43)n2)cc1. The number of benzene rings is 8. The van der Waals surface area contributed by atoms with E-state index in [1.165, 1.54) is 37.7 Å². The van der Waals surface area contributed by atoms with Gasteiger partial charge in [0.05, 0.1) is 11.0 Å². The van der Waals surface area contributed by atoms with Gasteiger partial charge >= 0.3 is 0 Å². The molecule has 10 aromatic rings. The molecule has 8 aromatic carbocycles. The van der Waals surface area contributed by atoms with Crippen molar-refractivity contribution in [3.63, 3.8) is 0 Å². The quantitative estimate of drug-likeness (QED) is 0.190. The largest absolute Gasteiger partial charge is 0.277 e. The van der Waals surface area contributed by atoms with Crippen molar-refractivity contribution in [2.24, 2.45) is 0 Å². The van der Waals surface area contributed by atoms with Crippen molar-refractivity contribution in [2.45, 2.75) is 0 Å². The minimum Gasteiger partial charge on any atom is -0.277 e. The van der Waals surface area contributed by atoms with Crippen LogP contribution in [-0.2, 0) is 0 Å². The summed E-state index contributed by atoms with van der Waals surface area (Å²) in [6.45, 7) is 0. The summed E-state index contributed by atoms with van der Waals surface area (Å²) < 4.78 is 2.26. The van der Waals surface area contributed by atoms with Gasteiger partial charge in [-0.2, -0.15) is 9.97 Å². The van der Waals surface area contributed by atoms with Crippen LogP contribution >= 0.6 is 0 Å². The molecule has 0 atom stereocenters. The zero-order valence-electron chi connectivity index (χ0n) is 25.3. The number of fused-ring (bicyclic) bond motifs is 11.